The zero-order valence-corrected chi connectivity index (χ0v) is 16.8. The molecule has 2 rings (SSSR count). The van der Waals surface area contributed by atoms with Gasteiger partial charge in [-0.2, -0.15) is 0 Å². The third-order valence-corrected chi connectivity index (χ3v) is 3.85. The second-order valence-electron chi connectivity index (χ2n) is 5.64. The average molecular weight is 445 g/mol. The summed E-state index contributed by atoms with van der Waals surface area (Å²) in [5.74, 6) is 0.916. The molecule has 0 aliphatic carbocycles. The van der Waals surface area contributed by atoms with E-state index in [1.165, 1.54) is 12.0 Å². The molecule has 0 atom stereocenters. The molecule has 0 aromatic heterocycles. The predicted octanol–water partition coefficient (Wildman–Crippen LogP) is 1.71. The maximum Gasteiger partial charge on any atom is 0.239 e. The SMILES string of the molecule is CCCCNC(=NC)NCc1ccc(N2CCNC(=O)C2)cc1.I. The van der Waals surface area contributed by atoms with Crippen LogP contribution in [-0.4, -0.2) is 45.1 Å². The van der Waals surface area contributed by atoms with Gasteiger partial charge in [-0.05, 0) is 24.1 Å². The zero-order valence-electron chi connectivity index (χ0n) is 14.5. The summed E-state index contributed by atoms with van der Waals surface area (Å²) in [6.07, 6.45) is 2.30. The number of amides is 1. The van der Waals surface area contributed by atoms with E-state index in [0.717, 1.165) is 37.7 Å². The Morgan fingerprint density at radius 1 is 1.29 bits per heavy atom. The van der Waals surface area contributed by atoms with Crippen LogP contribution in [0.2, 0.25) is 0 Å². The molecule has 1 fully saturated rings. The summed E-state index contributed by atoms with van der Waals surface area (Å²) in [4.78, 5) is 17.8. The predicted molar refractivity (Wildman–Crippen MR) is 110 cm³/mol. The van der Waals surface area contributed by atoms with Crippen LogP contribution in [0, 0.1) is 0 Å². The van der Waals surface area contributed by atoms with Gasteiger partial charge in [0.2, 0.25) is 5.91 Å². The Balaban J connectivity index is 0.00000288. The molecule has 0 bridgehead atoms. The van der Waals surface area contributed by atoms with E-state index in [1.807, 2.05) is 0 Å². The van der Waals surface area contributed by atoms with Gasteiger partial charge in [-0.1, -0.05) is 25.5 Å². The van der Waals surface area contributed by atoms with Gasteiger partial charge in [-0.25, -0.2) is 0 Å². The molecule has 0 unspecified atom stereocenters. The van der Waals surface area contributed by atoms with Crippen molar-refractivity contribution in [2.75, 3.05) is 38.1 Å². The van der Waals surface area contributed by atoms with Crippen molar-refractivity contribution in [2.24, 2.45) is 4.99 Å². The number of unbranched alkanes of at least 4 members (excludes halogenated alkanes) is 1. The van der Waals surface area contributed by atoms with Crippen LogP contribution in [0.3, 0.4) is 0 Å². The monoisotopic (exact) mass is 445 g/mol. The van der Waals surface area contributed by atoms with Crippen LogP contribution >= 0.6 is 24.0 Å². The lowest BCUT2D eigenvalue weighted by Crippen LogP contribution is -2.47. The van der Waals surface area contributed by atoms with Crippen LogP contribution in [0.1, 0.15) is 25.3 Å². The number of anilines is 1. The molecule has 1 aromatic carbocycles. The third-order valence-electron chi connectivity index (χ3n) is 3.85. The summed E-state index contributed by atoms with van der Waals surface area (Å²) in [6, 6.07) is 8.33. The standard InChI is InChI=1S/C17H27N5O.HI/c1-3-4-9-20-17(18-2)21-12-14-5-7-15(8-6-14)22-11-10-19-16(23)13-22;/h5-8H,3-4,9-13H2,1-2H3,(H,19,23)(H2,18,20,21);1H. The van der Waals surface area contributed by atoms with Crippen molar-refractivity contribution in [3.8, 4) is 0 Å². The van der Waals surface area contributed by atoms with Crippen LogP contribution in [-0.2, 0) is 11.3 Å². The Bertz CT molecular complexity index is 532. The minimum atomic E-state index is 0. The third kappa shape index (κ3) is 6.54. The molecule has 134 valence electrons. The number of nitrogens with zero attached hydrogens (tertiary/aromatic N) is 2. The minimum absolute atomic E-state index is 0. The maximum atomic E-state index is 11.4. The van der Waals surface area contributed by atoms with E-state index in [0.29, 0.717) is 13.1 Å². The van der Waals surface area contributed by atoms with Gasteiger partial charge < -0.3 is 20.9 Å². The molecule has 0 radical (unpaired) electrons. The van der Waals surface area contributed by atoms with Crippen molar-refractivity contribution < 1.29 is 4.79 Å². The Labute approximate surface area is 161 Å². The molecule has 1 aliphatic rings. The van der Waals surface area contributed by atoms with Crippen molar-refractivity contribution in [1.82, 2.24) is 16.0 Å². The lowest BCUT2D eigenvalue weighted by atomic mass is 10.2. The highest BCUT2D eigenvalue weighted by atomic mass is 127. The highest BCUT2D eigenvalue weighted by molar-refractivity contribution is 14.0. The van der Waals surface area contributed by atoms with Gasteiger partial charge in [0.15, 0.2) is 5.96 Å². The fraction of sp³-hybridized carbons (Fsp3) is 0.529. The van der Waals surface area contributed by atoms with Crippen molar-refractivity contribution >= 4 is 41.5 Å². The van der Waals surface area contributed by atoms with Crippen LogP contribution < -0.4 is 20.9 Å². The first-order valence-corrected chi connectivity index (χ1v) is 8.28. The number of hydrogen-bond acceptors (Lipinski definition) is 3. The topological polar surface area (TPSA) is 68.8 Å². The van der Waals surface area contributed by atoms with E-state index in [4.69, 9.17) is 0 Å². The van der Waals surface area contributed by atoms with Gasteiger partial charge in [0.1, 0.15) is 0 Å². The number of nitrogens with one attached hydrogen (secondary N) is 3. The van der Waals surface area contributed by atoms with Crippen molar-refractivity contribution in [3.63, 3.8) is 0 Å². The minimum Gasteiger partial charge on any atom is -0.360 e. The first-order chi connectivity index (χ1) is 11.2. The lowest BCUT2D eigenvalue weighted by molar-refractivity contribution is -0.120. The highest BCUT2D eigenvalue weighted by Gasteiger charge is 2.16. The average Bonchev–Trinajstić information content (AvgIpc) is 2.58. The number of carbonyl (C=O) groups is 1. The first-order valence-electron chi connectivity index (χ1n) is 8.28. The quantitative estimate of drug-likeness (QED) is 0.270. The summed E-state index contributed by atoms with van der Waals surface area (Å²) < 4.78 is 0. The van der Waals surface area contributed by atoms with Crippen LogP contribution in [0.15, 0.2) is 29.3 Å². The van der Waals surface area contributed by atoms with Crippen LogP contribution in [0.5, 0.6) is 0 Å². The number of guanidine groups is 1. The molecule has 6 nitrogen and oxygen atoms in total. The summed E-state index contributed by atoms with van der Waals surface area (Å²) in [6.45, 7) is 5.84. The molecule has 24 heavy (non-hydrogen) atoms. The molecular weight excluding hydrogens is 417 g/mol. The van der Waals surface area contributed by atoms with E-state index in [-0.39, 0.29) is 29.9 Å². The molecule has 1 aliphatic heterocycles. The number of rotatable bonds is 6. The van der Waals surface area contributed by atoms with Crippen molar-refractivity contribution in [2.45, 2.75) is 26.3 Å². The Morgan fingerprint density at radius 3 is 2.67 bits per heavy atom. The largest absolute Gasteiger partial charge is 0.360 e. The Kier molecular flexibility index (Phi) is 9.51. The summed E-state index contributed by atoms with van der Waals surface area (Å²) in [5.41, 5.74) is 2.28. The molecule has 1 heterocycles. The number of benzene rings is 1. The molecule has 7 heteroatoms. The van der Waals surface area contributed by atoms with E-state index >= 15 is 0 Å². The second-order valence-corrected chi connectivity index (χ2v) is 5.64. The fourth-order valence-electron chi connectivity index (χ4n) is 2.47. The van der Waals surface area contributed by atoms with Gasteiger partial charge in [0.25, 0.3) is 0 Å². The van der Waals surface area contributed by atoms with Crippen molar-refractivity contribution in [1.29, 1.82) is 0 Å². The van der Waals surface area contributed by atoms with E-state index in [2.05, 4.69) is 57.0 Å². The molecule has 1 aromatic rings. The van der Waals surface area contributed by atoms with Gasteiger partial charge in [0.05, 0.1) is 6.54 Å². The van der Waals surface area contributed by atoms with Crippen LogP contribution in [0.25, 0.3) is 0 Å². The number of carbonyl (C=O) groups excluding carboxylic acids is 1. The van der Waals surface area contributed by atoms with E-state index < -0.39 is 0 Å². The molecule has 1 amide bonds. The summed E-state index contributed by atoms with van der Waals surface area (Å²) in [5, 5.41) is 9.45. The smallest absolute Gasteiger partial charge is 0.239 e. The van der Waals surface area contributed by atoms with E-state index in [1.54, 1.807) is 7.05 Å². The summed E-state index contributed by atoms with van der Waals surface area (Å²) in [7, 11) is 1.78. The number of hydrogen-bond donors (Lipinski definition) is 3. The van der Waals surface area contributed by atoms with Crippen LogP contribution in [0.4, 0.5) is 5.69 Å². The van der Waals surface area contributed by atoms with Gasteiger partial charge in [-0.3, -0.25) is 9.79 Å². The molecule has 0 saturated carbocycles. The fourth-order valence-corrected chi connectivity index (χ4v) is 2.47. The Morgan fingerprint density at radius 2 is 2.04 bits per heavy atom. The second kappa shape index (κ2) is 11.1. The van der Waals surface area contributed by atoms with Crippen molar-refractivity contribution in [3.05, 3.63) is 29.8 Å². The molecular formula is C17H28IN5O. The van der Waals surface area contributed by atoms with Gasteiger partial charge in [-0.15, -0.1) is 24.0 Å². The zero-order chi connectivity index (χ0) is 16.5. The molecule has 1 saturated heterocycles. The van der Waals surface area contributed by atoms with Gasteiger partial charge in [0, 0.05) is 38.9 Å². The van der Waals surface area contributed by atoms with Gasteiger partial charge >= 0.3 is 0 Å². The molecule has 3 N–H and O–H groups in total. The normalized spacial score (nSPS) is 14.7. The Hall–Kier alpha value is -1.51. The highest BCUT2D eigenvalue weighted by Crippen LogP contribution is 2.15. The lowest BCUT2D eigenvalue weighted by Gasteiger charge is -2.28. The maximum absolute atomic E-state index is 11.4. The van der Waals surface area contributed by atoms with E-state index in [9.17, 15) is 4.79 Å². The molecule has 0 spiro atoms. The number of piperazine rings is 1. The summed E-state index contributed by atoms with van der Waals surface area (Å²) >= 11 is 0. The number of halogens is 1. The number of aliphatic imine (C=N–C) groups is 1. The first kappa shape index (κ1) is 20.5.